The molecule has 0 unspecified atom stereocenters. The van der Waals surface area contributed by atoms with Crippen molar-refractivity contribution in [1.82, 2.24) is 0 Å². The molecule has 0 aliphatic rings. The number of aliphatic hydroxyl groups excluding tert-OH is 1. The molecule has 0 saturated carbocycles. The Morgan fingerprint density at radius 2 is 1.45 bits per heavy atom. The Balaban J connectivity index is 2.32. The predicted molar refractivity (Wildman–Crippen MR) is 81.2 cm³/mol. The van der Waals surface area contributed by atoms with Gasteiger partial charge in [-0.3, -0.25) is 0 Å². The molecule has 2 aromatic rings. The van der Waals surface area contributed by atoms with Gasteiger partial charge >= 0.3 is 0 Å². The van der Waals surface area contributed by atoms with Crippen molar-refractivity contribution < 1.29 is 10.2 Å². The van der Waals surface area contributed by atoms with Crippen molar-refractivity contribution in [3.8, 4) is 0 Å². The van der Waals surface area contributed by atoms with Gasteiger partial charge in [-0.2, -0.15) is 0 Å². The molecule has 0 aromatic heterocycles. The number of aliphatic hydroxyl groups is 2. The highest BCUT2D eigenvalue weighted by Crippen LogP contribution is 2.39. The average Bonchev–Trinajstić information content (AvgIpc) is 2.54. The van der Waals surface area contributed by atoms with Gasteiger partial charge in [-0.1, -0.05) is 74.5 Å². The Morgan fingerprint density at radius 1 is 0.950 bits per heavy atom. The van der Waals surface area contributed by atoms with Gasteiger partial charge < -0.3 is 10.2 Å². The average molecular weight is 270 g/mol. The minimum absolute atomic E-state index is 0.294. The zero-order valence-electron chi connectivity index (χ0n) is 12.0. The maximum Gasteiger partial charge on any atom is 0.0947 e. The van der Waals surface area contributed by atoms with Crippen LogP contribution in [0.15, 0.2) is 60.7 Å². The quantitative estimate of drug-likeness (QED) is 0.870. The van der Waals surface area contributed by atoms with Gasteiger partial charge in [0.1, 0.15) is 0 Å². The molecule has 2 rings (SSSR count). The Morgan fingerprint density at radius 3 is 1.95 bits per heavy atom. The van der Waals surface area contributed by atoms with Crippen LogP contribution in [0.4, 0.5) is 0 Å². The standard InChI is InChI=1S/C18H22O2/c1-3-18(20,16-12-8-5-9-13-16)14(2)17(19)15-10-6-4-7-11-15/h4-14,17,19-20H,3H2,1-2H3/t14-,17-,18-/m0/s1. The summed E-state index contributed by atoms with van der Waals surface area (Å²) in [6, 6.07) is 19.1. The summed E-state index contributed by atoms with van der Waals surface area (Å²) >= 11 is 0. The Kier molecular flexibility index (Phi) is 4.58. The number of hydrogen-bond acceptors (Lipinski definition) is 2. The fourth-order valence-electron chi connectivity index (χ4n) is 2.72. The Labute approximate surface area is 120 Å². The topological polar surface area (TPSA) is 40.5 Å². The molecule has 0 saturated heterocycles. The third-order valence-electron chi connectivity index (χ3n) is 4.18. The highest BCUT2D eigenvalue weighted by molar-refractivity contribution is 5.26. The van der Waals surface area contributed by atoms with E-state index in [1.807, 2.05) is 74.5 Å². The summed E-state index contributed by atoms with van der Waals surface area (Å²) < 4.78 is 0. The second-order valence-electron chi connectivity index (χ2n) is 5.29. The van der Waals surface area contributed by atoms with E-state index >= 15 is 0 Å². The van der Waals surface area contributed by atoms with Gasteiger partial charge in [0.15, 0.2) is 0 Å². The van der Waals surface area contributed by atoms with E-state index in [1.54, 1.807) is 0 Å². The normalized spacial score (nSPS) is 17.2. The maximum atomic E-state index is 11.0. The molecule has 0 bridgehead atoms. The lowest BCUT2D eigenvalue weighted by molar-refractivity contribution is -0.0735. The third kappa shape index (κ3) is 2.77. The van der Waals surface area contributed by atoms with Gasteiger partial charge in [-0.05, 0) is 17.5 Å². The maximum absolute atomic E-state index is 11.0. The van der Waals surface area contributed by atoms with Gasteiger partial charge in [-0.25, -0.2) is 0 Å². The van der Waals surface area contributed by atoms with Crippen LogP contribution in [0.25, 0.3) is 0 Å². The lowest BCUT2D eigenvalue weighted by Gasteiger charge is -2.36. The van der Waals surface area contributed by atoms with Crippen molar-refractivity contribution >= 4 is 0 Å². The van der Waals surface area contributed by atoms with E-state index in [9.17, 15) is 10.2 Å². The second kappa shape index (κ2) is 6.21. The van der Waals surface area contributed by atoms with Crippen molar-refractivity contribution in [1.29, 1.82) is 0 Å². The highest BCUT2D eigenvalue weighted by atomic mass is 16.3. The van der Waals surface area contributed by atoms with Crippen LogP contribution in [0.3, 0.4) is 0 Å². The van der Waals surface area contributed by atoms with E-state index in [0.29, 0.717) is 6.42 Å². The van der Waals surface area contributed by atoms with Crippen molar-refractivity contribution in [3.05, 3.63) is 71.8 Å². The van der Waals surface area contributed by atoms with E-state index < -0.39 is 11.7 Å². The molecular formula is C18H22O2. The molecule has 2 heteroatoms. The molecule has 20 heavy (non-hydrogen) atoms. The molecule has 0 amide bonds. The van der Waals surface area contributed by atoms with Crippen LogP contribution in [0.1, 0.15) is 37.5 Å². The zero-order valence-corrected chi connectivity index (χ0v) is 12.0. The molecule has 3 atom stereocenters. The van der Waals surface area contributed by atoms with Gasteiger partial charge in [0.2, 0.25) is 0 Å². The minimum atomic E-state index is -1.03. The Hall–Kier alpha value is -1.64. The summed E-state index contributed by atoms with van der Waals surface area (Å²) in [5.41, 5.74) is 0.657. The summed E-state index contributed by atoms with van der Waals surface area (Å²) in [6.07, 6.45) is -0.136. The lowest BCUT2D eigenvalue weighted by atomic mass is 9.76. The van der Waals surface area contributed by atoms with Crippen LogP contribution >= 0.6 is 0 Å². The first-order valence-corrected chi connectivity index (χ1v) is 7.10. The molecule has 0 fully saturated rings. The summed E-state index contributed by atoms with van der Waals surface area (Å²) in [5, 5.41) is 21.6. The predicted octanol–water partition coefficient (Wildman–Crippen LogP) is 3.65. The summed E-state index contributed by atoms with van der Waals surface area (Å²) in [6.45, 7) is 3.84. The van der Waals surface area contributed by atoms with Gasteiger partial charge in [0, 0.05) is 5.92 Å². The van der Waals surface area contributed by atoms with Crippen LogP contribution in [0.2, 0.25) is 0 Å². The lowest BCUT2D eigenvalue weighted by Crippen LogP contribution is -2.36. The van der Waals surface area contributed by atoms with Crippen molar-refractivity contribution in [2.75, 3.05) is 0 Å². The van der Waals surface area contributed by atoms with Gasteiger partial charge in [0.25, 0.3) is 0 Å². The van der Waals surface area contributed by atoms with Crippen LogP contribution in [0.5, 0.6) is 0 Å². The molecule has 0 aliphatic carbocycles. The van der Waals surface area contributed by atoms with Crippen LogP contribution in [-0.4, -0.2) is 10.2 Å². The van der Waals surface area contributed by atoms with Crippen LogP contribution in [-0.2, 0) is 5.60 Å². The third-order valence-corrected chi connectivity index (χ3v) is 4.18. The number of rotatable bonds is 5. The molecule has 2 nitrogen and oxygen atoms in total. The molecule has 0 heterocycles. The fourth-order valence-corrected chi connectivity index (χ4v) is 2.72. The van der Waals surface area contributed by atoms with Crippen molar-refractivity contribution in [2.24, 2.45) is 5.92 Å². The van der Waals surface area contributed by atoms with E-state index in [-0.39, 0.29) is 5.92 Å². The zero-order chi connectivity index (χ0) is 14.6. The molecule has 106 valence electrons. The SMILES string of the molecule is CC[C@@](O)(c1ccccc1)[C@@H](C)[C@H](O)c1ccccc1. The van der Waals surface area contributed by atoms with Crippen molar-refractivity contribution in [2.45, 2.75) is 32.0 Å². The highest BCUT2D eigenvalue weighted by Gasteiger charge is 2.38. The monoisotopic (exact) mass is 270 g/mol. The molecule has 2 aromatic carbocycles. The van der Waals surface area contributed by atoms with Gasteiger partial charge in [0.05, 0.1) is 11.7 Å². The molecule has 2 N–H and O–H groups in total. The fraction of sp³-hybridized carbons (Fsp3) is 0.333. The molecular weight excluding hydrogens is 248 g/mol. The summed E-state index contributed by atoms with van der Waals surface area (Å²) in [4.78, 5) is 0. The first-order chi connectivity index (χ1) is 9.59. The molecule has 0 radical (unpaired) electrons. The van der Waals surface area contributed by atoms with Crippen molar-refractivity contribution in [3.63, 3.8) is 0 Å². The summed E-state index contributed by atoms with van der Waals surface area (Å²) in [7, 11) is 0. The number of hydrogen-bond donors (Lipinski definition) is 2. The first-order valence-electron chi connectivity index (χ1n) is 7.10. The Bertz CT molecular complexity index is 524. The largest absolute Gasteiger partial charge is 0.388 e. The van der Waals surface area contributed by atoms with E-state index in [2.05, 4.69) is 0 Å². The first kappa shape index (κ1) is 14.8. The van der Waals surface area contributed by atoms with Gasteiger partial charge in [-0.15, -0.1) is 0 Å². The molecule has 0 spiro atoms. The second-order valence-corrected chi connectivity index (χ2v) is 5.29. The molecule has 0 aliphatic heterocycles. The van der Waals surface area contributed by atoms with Crippen LogP contribution < -0.4 is 0 Å². The minimum Gasteiger partial charge on any atom is -0.388 e. The smallest absolute Gasteiger partial charge is 0.0947 e. The van der Waals surface area contributed by atoms with E-state index in [1.165, 1.54) is 0 Å². The van der Waals surface area contributed by atoms with E-state index in [0.717, 1.165) is 11.1 Å². The number of benzene rings is 2. The summed E-state index contributed by atoms with van der Waals surface area (Å²) in [5.74, 6) is -0.294. The van der Waals surface area contributed by atoms with E-state index in [4.69, 9.17) is 0 Å². The van der Waals surface area contributed by atoms with Crippen LogP contribution in [0, 0.1) is 5.92 Å².